The first-order valence-corrected chi connectivity index (χ1v) is 7.79. The van der Waals surface area contributed by atoms with Crippen molar-refractivity contribution in [1.82, 2.24) is 5.32 Å². The summed E-state index contributed by atoms with van der Waals surface area (Å²) in [6.45, 7) is 8.17. The van der Waals surface area contributed by atoms with Crippen LogP contribution in [0.5, 0.6) is 5.75 Å². The van der Waals surface area contributed by atoms with Crippen molar-refractivity contribution < 1.29 is 9.47 Å². The van der Waals surface area contributed by atoms with Gasteiger partial charge in [-0.2, -0.15) is 0 Å². The lowest BCUT2D eigenvalue weighted by Crippen LogP contribution is -2.40. The maximum atomic E-state index is 5.89. The van der Waals surface area contributed by atoms with Crippen LogP contribution in [-0.4, -0.2) is 32.3 Å². The number of nitrogens with one attached hydrogen (secondary N) is 1. The van der Waals surface area contributed by atoms with Gasteiger partial charge in [0.05, 0.1) is 19.8 Å². The molecule has 1 aromatic rings. The van der Waals surface area contributed by atoms with Crippen molar-refractivity contribution in [1.29, 1.82) is 0 Å². The number of ether oxygens (including phenoxy) is 2. The summed E-state index contributed by atoms with van der Waals surface area (Å²) in [4.78, 5) is 4.37. The lowest BCUT2D eigenvalue weighted by molar-refractivity contribution is 0.179. The summed E-state index contributed by atoms with van der Waals surface area (Å²) in [7, 11) is 1.66. The third-order valence-electron chi connectivity index (χ3n) is 3.16. The topological polar surface area (TPSA) is 68.9 Å². The monoisotopic (exact) mass is 435 g/mol. The summed E-state index contributed by atoms with van der Waals surface area (Å²) in [6.07, 6.45) is 1.04. The molecule has 1 rings (SSSR count). The summed E-state index contributed by atoms with van der Waals surface area (Å²) >= 11 is 0. The summed E-state index contributed by atoms with van der Waals surface area (Å²) in [5.41, 5.74) is 6.92. The van der Waals surface area contributed by atoms with Crippen LogP contribution in [0.15, 0.2) is 29.3 Å². The molecule has 0 radical (unpaired) electrons. The van der Waals surface area contributed by atoms with Gasteiger partial charge >= 0.3 is 0 Å². The number of hydrogen-bond acceptors (Lipinski definition) is 3. The first-order chi connectivity index (χ1) is 10.5. The Bertz CT molecular complexity index is 467. The van der Waals surface area contributed by atoms with Crippen molar-refractivity contribution in [3.05, 3.63) is 29.8 Å². The Morgan fingerprint density at radius 3 is 2.61 bits per heavy atom. The van der Waals surface area contributed by atoms with E-state index >= 15 is 0 Å². The molecule has 132 valence electrons. The second-order valence-electron chi connectivity index (χ2n) is 5.84. The van der Waals surface area contributed by atoms with Crippen LogP contribution in [-0.2, 0) is 11.3 Å². The number of nitrogens with zero attached hydrogens (tertiary/aromatic N) is 1. The molecule has 0 spiro atoms. The van der Waals surface area contributed by atoms with Crippen LogP contribution in [0.1, 0.15) is 32.8 Å². The Balaban J connectivity index is 0.00000484. The average Bonchev–Trinajstić information content (AvgIpc) is 2.46. The fraction of sp³-hybridized carbons (Fsp3) is 0.588. The molecule has 0 saturated heterocycles. The van der Waals surface area contributed by atoms with Gasteiger partial charge in [0.25, 0.3) is 0 Å². The highest BCUT2D eigenvalue weighted by Gasteiger charge is 2.05. The van der Waals surface area contributed by atoms with Crippen molar-refractivity contribution >= 4 is 29.9 Å². The summed E-state index contributed by atoms with van der Waals surface area (Å²) in [6, 6.07) is 8.08. The fourth-order valence-corrected chi connectivity index (χ4v) is 1.94. The van der Waals surface area contributed by atoms with Gasteiger partial charge in [-0.25, -0.2) is 4.99 Å². The molecule has 0 fully saturated rings. The Hall–Kier alpha value is -1.02. The van der Waals surface area contributed by atoms with Crippen molar-refractivity contribution in [2.45, 2.75) is 39.8 Å². The van der Waals surface area contributed by atoms with Gasteiger partial charge in [0.2, 0.25) is 0 Å². The van der Waals surface area contributed by atoms with E-state index in [0.29, 0.717) is 25.0 Å². The molecule has 0 aliphatic heterocycles. The Labute approximate surface area is 157 Å². The van der Waals surface area contributed by atoms with Gasteiger partial charge in [-0.3, -0.25) is 0 Å². The van der Waals surface area contributed by atoms with E-state index in [0.717, 1.165) is 24.3 Å². The zero-order valence-electron chi connectivity index (χ0n) is 14.5. The van der Waals surface area contributed by atoms with Crippen LogP contribution in [0.4, 0.5) is 0 Å². The summed E-state index contributed by atoms with van der Waals surface area (Å²) in [5, 5.41) is 3.09. The van der Waals surface area contributed by atoms with Gasteiger partial charge in [0.1, 0.15) is 5.75 Å². The number of methoxy groups -OCH3 is 1. The molecule has 0 heterocycles. The second kappa shape index (κ2) is 12.4. The Morgan fingerprint density at radius 2 is 1.96 bits per heavy atom. The number of benzene rings is 1. The molecule has 5 nitrogen and oxygen atoms in total. The van der Waals surface area contributed by atoms with E-state index in [2.05, 4.69) is 24.2 Å². The molecule has 1 aromatic carbocycles. The quantitative estimate of drug-likeness (QED) is 0.355. The molecule has 0 saturated carbocycles. The number of rotatable bonds is 9. The Morgan fingerprint density at radius 1 is 1.26 bits per heavy atom. The van der Waals surface area contributed by atoms with Crippen LogP contribution in [0.2, 0.25) is 0 Å². The number of halogens is 1. The van der Waals surface area contributed by atoms with Gasteiger partial charge in [-0.15, -0.1) is 24.0 Å². The maximum absolute atomic E-state index is 5.89. The fourth-order valence-electron chi connectivity index (χ4n) is 1.94. The van der Waals surface area contributed by atoms with Crippen LogP contribution in [0, 0.1) is 5.92 Å². The molecule has 23 heavy (non-hydrogen) atoms. The number of aliphatic imine (C=N–C) groups is 1. The largest absolute Gasteiger partial charge is 0.493 e. The molecular weight excluding hydrogens is 405 g/mol. The lowest BCUT2D eigenvalue weighted by atomic mass is 10.1. The van der Waals surface area contributed by atoms with Gasteiger partial charge in [-0.1, -0.05) is 32.0 Å². The third-order valence-corrected chi connectivity index (χ3v) is 3.16. The first kappa shape index (κ1) is 22.0. The zero-order valence-corrected chi connectivity index (χ0v) is 16.9. The third kappa shape index (κ3) is 9.65. The van der Waals surface area contributed by atoms with E-state index in [9.17, 15) is 0 Å². The molecule has 1 atom stereocenters. The predicted octanol–water partition coefficient (Wildman–Crippen LogP) is 3.17. The standard InChI is InChI=1S/C17H29N3O2.HI/c1-13(2)9-10-22-16-8-6-5-7-15(16)11-19-17(18)20-14(3)12-21-4;/h5-8,13-14H,9-12H2,1-4H3,(H3,18,19,20);1H. The number of para-hydroxylation sites is 1. The predicted molar refractivity (Wildman–Crippen MR) is 107 cm³/mol. The normalized spacial score (nSPS) is 12.7. The number of guanidine groups is 1. The van der Waals surface area contributed by atoms with Crippen LogP contribution in [0.3, 0.4) is 0 Å². The Kier molecular flexibility index (Phi) is 11.9. The van der Waals surface area contributed by atoms with Crippen LogP contribution >= 0.6 is 24.0 Å². The minimum absolute atomic E-state index is 0. The molecule has 6 heteroatoms. The molecule has 0 bridgehead atoms. The van der Waals surface area contributed by atoms with Crippen LogP contribution < -0.4 is 15.8 Å². The van der Waals surface area contributed by atoms with Gasteiger partial charge in [0, 0.05) is 18.7 Å². The van der Waals surface area contributed by atoms with E-state index in [1.807, 2.05) is 31.2 Å². The first-order valence-electron chi connectivity index (χ1n) is 7.79. The summed E-state index contributed by atoms with van der Waals surface area (Å²) < 4.78 is 10.9. The van der Waals surface area contributed by atoms with E-state index in [1.54, 1.807) is 7.11 Å². The minimum Gasteiger partial charge on any atom is -0.493 e. The SMILES string of the molecule is COCC(C)NC(N)=NCc1ccccc1OCCC(C)C.I. The molecule has 0 aromatic heterocycles. The van der Waals surface area contributed by atoms with E-state index in [1.165, 1.54) is 0 Å². The number of hydrogen-bond donors (Lipinski definition) is 2. The van der Waals surface area contributed by atoms with Crippen molar-refractivity contribution in [2.24, 2.45) is 16.6 Å². The van der Waals surface area contributed by atoms with E-state index in [4.69, 9.17) is 15.2 Å². The average molecular weight is 435 g/mol. The molecule has 0 amide bonds. The van der Waals surface area contributed by atoms with Crippen molar-refractivity contribution in [2.75, 3.05) is 20.3 Å². The second-order valence-corrected chi connectivity index (χ2v) is 5.84. The summed E-state index contributed by atoms with van der Waals surface area (Å²) in [5.74, 6) is 1.93. The van der Waals surface area contributed by atoms with Crippen molar-refractivity contribution in [3.8, 4) is 5.75 Å². The highest BCUT2D eigenvalue weighted by Crippen LogP contribution is 2.19. The number of nitrogens with two attached hydrogens (primary N) is 1. The zero-order chi connectivity index (χ0) is 16.4. The molecule has 1 unspecified atom stereocenters. The lowest BCUT2D eigenvalue weighted by Gasteiger charge is -2.14. The molecule has 0 aliphatic carbocycles. The van der Waals surface area contributed by atoms with Gasteiger partial charge in [0.15, 0.2) is 5.96 Å². The van der Waals surface area contributed by atoms with E-state index in [-0.39, 0.29) is 30.0 Å². The van der Waals surface area contributed by atoms with Gasteiger partial charge in [-0.05, 0) is 25.3 Å². The highest BCUT2D eigenvalue weighted by atomic mass is 127. The van der Waals surface area contributed by atoms with Crippen LogP contribution in [0.25, 0.3) is 0 Å². The van der Waals surface area contributed by atoms with Crippen molar-refractivity contribution in [3.63, 3.8) is 0 Å². The van der Waals surface area contributed by atoms with E-state index < -0.39 is 0 Å². The molecule has 3 N–H and O–H groups in total. The minimum atomic E-state index is 0. The highest BCUT2D eigenvalue weighted by molar-refractivity contribution is 14.0. The smallest absolute Gasteiger partial charge is 0.189 e. The van der Waals surface area contributed by atoms with Gasteiger partial charge < -0.3 is 20.5 Å². The molecule has 0 aliphatic rings. The maximum Gasteiger partial charge on any atom is 0.189 e. The molecular formula is C17H30IN3O2.